The van der Waals surface area contributed by atoms with Crippen molar-refractivity contribution in [2.24, 2.45) is 0 Å². The molecule has 8 heteroatoms. The van der Waals surface area contributed by atoms with Gasteiger partial charge < -0.3 is 14.8 Å². The number of nitrogens with one attached hydrogen (secondary N) is 1. The number of thioether (sulfide) groups is 1. The average Bonchev–Trinajstić information content (AvgIpc) is 3.05. The molecular weight excluding hydrogens is 440 g/mol. The predicted molar refractivity (Wildman–Crippen MR) is 129 cm³/mol. The van der Waals surface area contributed by atoms with Crippen LogP contribution in [0.25, 0.3) is 6.08 Å². The van der Waals surface area contributed by atoms with Gasteiger partial charge in [-0.25, -0.2) is 0 Å². The van der Waals surface area contributed by atoms with E-state index in [0.717, 1.165) is 27.8 Å². The van der Waals surface area contributed by atoms with Gasteiger partial charge >= 0.3 is 0 Å². The maximum Gasteiger partial charge on any atom is 0.293 e. The molecular formula is C25H28N2O5S. The van der Waals surface area contributed by atoms with Crippen LogP contribution in [0.2, 0.25) is 0 Å². The lowest BCUT2D eigenvalue weighted by atomic mass is 9.98. The van der Waals surface area contributed by atoms with Gasteiger partial charge in [0.15, 0.2) is 6.61 Å². The van der Waals surface area contributed by atoms with Crippen LogP contribution in [-0.4, -0.2) is 48.8 Å². The van der Waals surface area contributed by atoms with Crippen molar-refractivity contribution in [1.82, 2.24) is 10.2 Å². The van der Waals surface area contributed by atoms with Crippen LogP contribution < -0.4 is 14.8 Å². The molecule has 2 aromatic carbocycles. The van der Waals surface area contributed by atoms with E-state index in [0.29, 0.717) is 22.3 Å². The Labute approximate surface area is 198 Å². The summed E-state index contributed by atoms with van der Waals surface area (Å²) in [7, 11) is 1.58. The number of benzene rings is 2. The molecule has 0 unspecified atom stereocenters. The standard InChI is InChI=1S/C25H28N2O5S/c1-16(2)21-10-9-20(13-17(21)3)32-15-23(28)26-11-12-27-24(29)22(33-25(27)30)14-18-5-7-19(31-4)8-6-18/h5-10,13-14,16H,11-12,15H2,1-4H3,(H,26,28). The molecule has 3 rings (SSSR count). The molecule has 0 spiro atoms. The second-order valence-electron chi connectivity index (χ2n) is 7.92. The summed E-state index contributed by atoms with van der Waals surface area (Å²) < 4.78 is 10.7. The summed E-state index contributed by atoms with van der Waals surface area (Å²) in [6.45, 7) is 6.38. The molecule has 7 nitrogen and oxygen atoms in total. The van der Waals surface area contributed by atoms with Crippen LogP contribution in [0, 0.1) is 6.92 Å². The first-order valence-electron chi connectivity index (χ1n) is 10.7. The molecule has 2 aromatic rings. The number of hydrogen-bond donors (Lipinski definition) is 1. The minimum atomic E-state index is -0.368. The van der Waals surface area contributed by atoms with Crippen molar-refractivity contribution in [3.63, 3.8) is 0 Å². The van der Waals surface area contributed by atoms with Gasteiger partial charge in [-0.15, -0.1) is 0 Å². The van der Waals surface area contributed by atoms with E-state index in [1.807, 2.05) is 37.3 Å². The number of rotatable bonds is 9. The fourth-order valence-corrected chi connectivity index (χ4v) is 4.30. The second kappa shape index (κ2) is 11.0. The van der Waals surface area contributed by atoms with Crippen LogP contribution in [0.1, 0.15) is 36.5 Å². The molecule has 0 radical (unpaired) electrons. The first-order valence-corrected chi connectivity index (χ1v) is 11.5. The van der Waals surface area contributed by atoms with Gasteiger partial charge in [0.25, 0.3) is 17.1 Å². The summed E-state index contributed by atoms with van der Waals surface area (Å²) in [6, 6.07) is 13.0. The molecule has 1 heterocycles. The third kappa shape index (κ3) is 6.38. The number of imide groups is 1. The zero-order valence-electron chi connectivity index (χ0n) is 19.2. The van der Waals surface area contributed by atoms with Crippen molar-refractivity contribution in [2.45, 2.75) is 26.7 Å². The lowest BCUT2D eigenvalue weighted by molar-refractivity contribution is -0.125. The highest BCUT2D eigenvalue weighted by Gasteiger charge is 2.34. The van der Waals surface area contributed by atoms with Gasteiger partial charge in [-0.1, -0.05) is 32.0 Å². The molecule has 3 amide bonds. The predicted octanol–water partition coefficient (Wildman–Crippen LogP) is 4.36. The summed E-state index contributed by atoms with van der Waals surface area (Å²) in [6.07, 6.45) is 1.67. The summed E-state index contributed by atoms with van der Waals surface area (Å²) in [5.41, 5.74) is 3.15. The highest BCUT2D eigenvalue weighted by Crippen LogP contribution is 2.32. The van der Waals surface area contributed by atoms with Gasteiger partial charge in [0.1, 0.15) is 11.5 Å². The molecule has 1 N–H and O–H groups in total. The SMILES string of the molecule is COc1ccc(C=C2SC(=O)N(CCNC(=O)COc3ccc(C(C)C)c(C)c3)C2=O)cc1. The Morgan fingerprint density at radius 2 is 1.82 bits per heavy atom. The summed E-state index contributed by atoms with van der Waals surface area (Å²) in [4.78, 5) is 38.4. The van der Waals surface area contributed by atoms with Crippen LogP contribution in [0.15, 0.2) is 47.4 Å². The average molecular weight is 469 g/mol. The van der Waals surface area contributed by atoms with Crippen molar-refractivity contribution >= 4 is 34.9 Å². The van der Waals surface area contributed by atoms with Gasteiger partial charge in [-0.05, 0) is 71.6 Å². The van der Waals surface area contributed by atoms with Gasteiger partial charge in [-0.2, -0.15) is 0 Å². The second-order valence-corrected chi connectivity index (χ2v) is 8.91. The number of carbonyl (C=O) groups is 3. The first kappa shape index (κ1) is 24.4. The monoisotopic (exact) mass is 468 g/mol. The normalized spacial score (nSPS) is 14.8. The van der Waals surface area contributed by atoms with Crippen molar-refractivity contribution < 1.29 is 23.9 Å². The molecule has 1 aliphatic heterocycles. The number of carbonyl (C=O) groups excluding carboxylic acids is 3. The molecule has 1 fully saturated rings. The maximum absolute atomic E-state index is 12.6. The molecule has 174 valence electrons. The van der Waals surface area contributed by atoms with E-state index in [1.54, 1.807) is 25.3 Å². The van der Waals surface area contributed by atoms with Crippen molar-refractivity contribution in [3.05, 3.63) is 64.1 Å². The third-order valence-corrected chi connectivity index (χ3v) is 6.09. The quantitative estimate of drug-likeness (QED) is 0.551. The molecule has 0 bridgehead atoms. The number of nitrogens with zero attached hydrogens (tertiary/aromatic N) is 1. The van der Waals surface area contributed by atoms with Crippen molar-refractivity contribution in [1.29, 1.82) is 0 Å². The minimum Gasteiger partial charge on any atom is -0.497 e. The van der Waals surface area contributed by atoms with Gasteiger partial charge in [0.05, 0.1) is 12.0 Å². The van der Waals surface area contributed by atoms with E-state index >= 15 is 0 Å². The Morgan fingerprint density at radius 3 is 2.45 bits per heavy atom. The fraction of sp³-hybridized carbons (Fsp3) is 0.320. The van der Waals surface area contributed by atoms with Gasteiger partial charge in [0.2, 0.25) is 0 Å². The van der Waals surface area contributed by atoms with E-state index in [2.05, 4.69) is 19.2 Å². The molecule has 0 aliphatic carbocycles. The molecule has 0 aromatic heterocycles. The van der Waals surface area contributed by atoms with E-state index in [9.17, 15) is 14.4 Å². The lowest BCUT2D eigenvalue weighted by Gasteiger charge is -2.14. The van der Waals surface area contributed by atoms with Crippen LogP contribution in [0.5, 0.6) is 11.5 Å². The van der Waals surface area contributed by atoms with E-state index in [-0.39, 0.29) is 36.7 Å². The Morgan fingerprint density at radius 1 is 1.12 bits per heavy atom. The van der Waals surface area contributed by atoms with Crippen LogP contribution in [0.3, 0.4) is 0 Å². The zero-order chi connectivity index (χ0) is 24.0. The molecule has 1 aliphatic rings. The first-order chi connectivity index (χ1) is 15.8. The number of methoxy groups -OCH3 is 1. The summed E-state index contributed by atoms with van der Waals surface area (Å²) in [5.74, 6) is 1.07. The number of hydrogen-bond acceptors (Lipinski definition) is 6. The van der Waals surface area contributed by atoms with E-state index in [4.69, 9.17) is 9.47 Å². The van der Waals surface area contributed by atoms with Crippen molar-refractivity contribution in [2.75, 3.05) is 26.8 Å². The smallest absolute Gasteiger partial charge is 0.293 e. The Kier molecular flexibility index (Phi) is 8.16. The Hall–Kier alpha value is -3.26. The van der Waals surface area contributed by atoms with Crippen molar-refractivity contribution in [3.8, 4) is 11.5 Å². The molecule has 33 heavy (non-hydrogen) atoms. The Balaban J connectivity index is 1.47. The number of amides is 3. The Bertz CT molecular complexity index is 1060. The number of ether oxygens (including phenoxy) is 2. The minimum absolute atomic E-state index is 0.0958. The fourth-order valence-electron chi connectivity index (χ4n) is 3.44. The van der Waals surface area contributed by atoms with E-state index < -0.39 is 0 Å². The highest BCUT2D eigenvalue weighted by atomic mass is 32.2. The largest absolute Gasteiger partial charge is 0.497 e. The summed E-state index contributed by atoms with van der Waals surface area (Å²) in [5, 5.41) is 2.33. The molecule has 1 saturated heterocycles. The lowest BCUT2D eigenvalue weighted by Crippen LogP contribution is -2.38. The van der Waals surface area contributed by atoms with Crippen LogP contribution in [-0.2, 0) is 9.59 Å². The van der Waals surface area contributed by atoms with Crippen LogP contribution in [0.4, 0.5) is 4.79 Å². The highest BCUT2D eigenvalue weighted by molar-refractivity contribution is 8.18. The third-order valence-electron chi connectivity index (χ3n) is 5.18. The van der Waals surface area contributed by atoms with Gasteiger partial charge in [-0.3, -0.25) is 19.3 Å². The summed E-state index contributed by atoms with van der Waals surface area (Å²) >= 11 is 0.887. The molecule has 0 saturated carbocycles. The maximum atomic E-state index is 12.6. The van der Waals surface area contributed by atoms with Crippen LogP contribution >= 0.6 is 11.8 Å². The van der Waals surface area contributed by atoms with Gasteiger partial charge in [0, 0.05) is 13.1 Å². The van der Waals surface area contributed by atoms with E-state index in [1.165, 1.54) is 5.56 Å². The molecule has 0 atom stereocenters. The topological polar surface area (TPSA) is 84.9 Å². The zero-order valence-corrected chi connectivity index (χ0v) is 20.0. The number of aryl methyl sites for hydroxylation is 1.